The Morgan fingerprint density at radius 2 is 1.58 bits per heavy atom. The first-order valence-electron chi connectivity index (χ1n) is 8.87. The van der Waals surface area contributed by atoms with E-state index in [2.05, 4.69) is 21.2 Å². The summed E-state index contributed by atoms with van der Waals surface area (Å²) in [4.78, 5) is 27.1. The summed E-state index contributed by atoms with van der Waals surface area (Å²) < 4.78 is 0.955. The summed E-state index contributed by atoms with van der Waals surface area (Å²) in [7, 11) is 0. The molecule has 1 aliphatic heterocycles. The number of amides is 2. The van der Waals surface area contributed by atoms with E-state index in [0.29, 0.717) is 31.5 Å². The van der Waals surface area contributed by atoms with Crippen LogP contribution < -0.4 is 5.32 Å². The topological polar surface area (TPSA) is 49.4 Å². The number of carbonyl (C=O) groups excluding carboxylic acids is 2. The lowest BCUT2D eigenvalue weighted by Crippen LogP contribution is -2.41. The molecule has 3 rings (SSSR count). The van der Waals surface area contributed by atoms with Crippen LogP contribution in [0.15, 0.2) is 46.9 Å². The first kappa shape index (κ1) is 18.6. The summed E-state index contributed by atoms with van der Waals surface area (Å²) in [6, 6.07) is 13.4. The molecule has 136 valence electrons. The lowest BCUT2D eigenvalue weighted by Gasteiger charge is -2.31. The predicted octanol–water partition coefficient (Wildman–Crippen LogP) is 4.56. The Hall–Kier alpha value is -2.14. The molecule has 0 aromatic heterocycles. The summed E-state index contributed by atoms with van der Waals surface area (Å²) in [6.07, 6.45) is 1.39. The molecule has 2 amide bonds. The fourth-order valence-electron chi connectivity index (χ4n) is 3.36. The Kier molecular flexibility index (Phi) is 5.77. The molecule has 0 spiro atoms. The van der Waals surface area contributed by atoms with Gasteiger partial charge in [0.25, 0.3) is 5.91 Å². The average molecular weight is 415 g/mol. The highest BCUT2D eigenvalue weighted by Crippen LogP contribution is 2.24. The number of piperidine rings is 1. The summed E-state index contributed by atoms with van der Waals surface area (Å²) >= 11 is 3.38. The van der Waals surface area contributed by atoms with Gasteiger partial charge in [-0.3, -0.25) is 9.59 Å². The van der Waals surface area contributed by atoms with Crippen molar-refractivity contribution in [2.75, 3.05) is 18.4 Å². The van der Waals surface area contributed by atoms with E-state index < -0.39 is 0 Å². The van der Waals surface area contributed by atoms with Gasteiger partial charge in [0.05, 0.1) is 0 Å². The quantitative estimate of drug-likeness (QED) is 0.799. The Labute approximate surface area is 162 Å². The number of rotatable bonds is 3. The number of para-hydroxylation sites is 1. The third-order valence-corrected chi connectivity index (χ3v) is 5.50. The molecule has 0 atom stereocenters. The van der Waals surface area contributed by atoms with Crippen LogP contribution in [0.4, 0.5) is 5.69 Å². The van der Waals surface area contributed by atoms with Gasteiger partial charge in [-0.05, 0) is 62.1 Å². The molecular weight excluding hydrogens is 392 g/mol. The third-order valence-electron chi connectivity index (χ3n) is 4.97. The smallest absolute Gasteiger partial charge is 0.253 e. The van der Waals surface area contributed by atoms with Crippen LogP contribution in [0.25, 0.3) is 0 Å². The van der Waals surface area contributed by atoms with Crippen LogP contribution >= 0.6 is 15.9 Å². The van der Waals surface area contributed by atoms with Gasteiger partial charge >= 0.3 is 0 Å². The zero-order chi connectivity index (χ0) is 18.7. The normalized spacial score (nSPS) is 15.0. The number of anilines is 1. The maximum atomic E-state index is 12.6. The Balaban J connectivity index is 1.58. The molecule has 4 nitrogen and oxygen atoms in total. The molecule has 26 heavy (non-hydrogen) atoms. The molecule has 0 unspecified atom stereocenters. The monoisotopic (exact) mass is 414 g/mol. The number of likely N-dealkylation sites (tertiary alicyclic amines) is 1. The number of halogens is 1. The minimum absolute atomic E-state index is 0.0334. The number of carbonyl (C=O) groups is 2. The van der Waals surface area contributed by atoms with Gasteiger partial charge < -0.3 is 10.2 Å². The second-order valence-electron chi connectivity index (χ2n) is 6.83. The van der Waals surface area contributed by atoms with Gasteiger partial charge in [-0.2, -0.15) is 0 Å². The van der Waals surface area contributed by atoms with Crippen molar-refractivity contribution < 1.29 is 9.59 Å². The summed E-state index contributed by atoms with van der Waals surface area (Å²) in [5.74, 6) is 0.0345. The van der Waals surface area contributed by atoms with E-state index in [-0.39, 0.29) is 17.7 Å². The number of hydrogen-bond acceptors (Lipinski definition) is 2. The Morgan fingerprint density at radius 1 is 1.00 bits per heavy atom. The predicted molar refractivity (Wildman–Crippen MR) is 107 cm³/mol. The van der Waals surface area contributed by atoms with Crippen molar-refractivity contribution in [3.8, 4) is 0 Å². The van der Waals surface area contributed by atoms with Gasteiger partial charge in [-0.1, -0.05) is 34.1 Å². The zero-order valence-electron chi connectivity index (χ0n) is 15.1. The van der Waals surface area contributed by atoms with Crippen molar-refractivity contribution >= 4 is 33.4 Å². The van der Waals surface area contributed by atoms with Crippen molar-refractivity contribution in [1.29, 1.82) is 0 Å². The molecule has 0 aliphatic carbocycles. The fraction of sp³-hybridized carbons (Fsp3) is 0.333. The molecular formula is C21H23BrN2O2. The number of aryl methyl sites for hydroxylation is 2. The van der Waals surface area contributed by atoms with E-state index >= 15 is 0 Å². The average Bonchev–Trinajstić information content (AvgIpc) is 2.65. The van der Waals surface area contributed by atoms with Crippen LogP contribution in [-0.2, 0) is 4.79 Å². The molecule has 0 saturated carbocycles. The number of nitrogens with zero attached hydrogens (tertiary/aromatic N) is 1. The van der Waals surface area contributed by atoms with Crippen LogP contribution in [0.5, 0.6) is 0 Å². The fourth-order valence-corrected chi connectivity index (χ4v) is 3.62. The second kappa shape index (κ2) is 8.04. The first-order chi connectivity index (χ1) is 12.5. The van der Waals surface area contributed by atoms with Crippen LogP contribution in [-0.4, -0.2) is 29.8 Å². The number of benzene rings is 2. The Morgan fingerprint density at radius 3 is 2.15 bits per heavy atom. The van der Waals surface area contributed by atoms with E-state index in [1.807, 2.05) is 61.2 Å². The van der Waals surface area contributed by atoms with E-state index in [1.54, 1.807) is 0 Å². The highest BCUT2D eigenvalue weighted by atomic mass is 79.9. The minimum Gasteiger partial charge on any atom is -0.339 e. The minimum atomic E-state index is -0.0528. The maximum absolute atomic E-state index is 12.6. The van der Waals surface area contributed by atoms with Crippen molar-refractivity contribution in [1.82, 2.24) is 4.90 Å². The Bertz CT molecular complexity index is 789. The molecule has 2 aromatic carbocycles. The number of hydrogen-bond donors (Lipinski definition) is 1. The lowest BCUT2D eigenvalue weighted by atomic mass is 9.95. The van der Waals surface area contributed by atoms with Crippen LogP contribution in [0.3, 0.4) is 0 Å². The second-order valence-corrected chi connectivity index (χ2v) is 7.75. The van der Waals surface area contributed by atoms with Crippen molar-refractivity contribution in [3.05, 3.63) is 63.6 Å². The van der Waals surface area contributed by atoms with Crippen molar-refractivity contribution in [3.63, 3.8) is 0 Å². The molecule has 2 aromatic rings. The highest BCUT2D eigenvalue weighted by molar-refractivity contribution is 9.10. The molecule has 0 radical (unpaired) electrons. The number of nitrogens with one attached hydrogen (secondary N) is 1. The van der Waals surface area contributed by atoms with Crippen molar-refractivity contribution in [2.45, 2.75) is 26.7 Å². The standard InChI is InChI=1S/C21H23BrN2O2/c1-14-4-3-5-15(2)19(14)23-20(25)16-10-12-24(13-11-16)21(26)17-6-8-18(22)9-7-17/h3-9,16H,10-13H2,1-2H3,(H,23,25). The largest absolute Gasteiger partial charge is 0.339 e. The van der Waals surface area contributed by atoms with Gasteiger partial charge in [0, 0.05) is 34.7 Å². The van der Waals surface area contributed by atoms with Gasteiger partial charge in [-0.25, -0.2) is 0 Å². The van der Waals surface area contributed by atoms with Gasteiger partial charge in [-0.15, -0.1) is 0 Å². The molecule has 5 heteroatoms. The van der Waals surface area contributed by atoms with E-state index in [0.717, 1.165) is 21.3 Å². The van der Waals surface area contributed by atoms with E-state index in [9.17, 15) is 9.59 Å². The van der Waals surface area contributed by atoms with E-state index in [4.69, 9.17) is 0 Å². The van der Waals surface area contributed by atoms with Crippen LogP contribution in [0.1, 0.15) is 34.3 Å². The zero-order valence-corrected chi connectivity index (χ0v) is 16.7. The summed E-state index contributed by atoms with van der Waals surface area (Å²) in [5, 5.41) is 3.08. The SMILES string of the molecule is Cc1cccc(C)c1NC(=O)C1CCN(C(=O)c2ccc(Br)cc2)CC1. The summed E-state index contributed by atoms with van der Waals surface area (Å²) in [6.45, 7) is 5.23. The van der Waals surface area contributed by atoms with E-state index in [1.165, 1.54) is 0 Å². The molecule has 1 aliphatic rings. The third kappa shape index (κ3) is 4.15. The molecule has 1 N–H and O–H groups in total. The molecule has 1 heterocycles. The van der Waals surface area contributed by atoms with Gasteiger partial charge in [0.2, 0.25) is 5.91 Å². The summed E-state index contributed by atoms with van der Waals surface area (Å²) in [5.41, 5.74) is 3.74. The van der Waals surface area contributed by atoms with Gasteiger partial charge in [0.15, 0.2) is 0 Å². The van der Waals surface area contributed by atoms with Gasteiger partial charge in [0.1, 0.15) is 0 Å². The van der Waals surface area contributed by atoms with Crippen LogP contribution in [0, 0.1) is 19.8 Å². The molecule has 1 fully saturated rings. The highest BCUT2D eigenvalue weighted by Gasteiger charge is 2.28. The lowest BCUT2D eigenvalue weighted by molar-refractivity contribution is -0.121. The first-order valence-corrected chi connectivity index (χ1v) is 9.67. The van der Waals surface area contributed by atoms with Crippen LogP contribution in [0.2, 0.25) is 0 Å². The molecule has 1 saturated heterocycles. The van der Waals surface area contributed by atoms with Crippen molar-refractivity contribution in [2.24, 2.45) is 5.92 Å². The molecule has 0 bridgehead atoms. The maximum Gasteiger partial charge on any atom is 0.253 e.